The molecule has 5 heteroatoms. The summed E-state index contributed by atoms with van der Waals surface area (Å²) in [4.78, 5) is 3.94. The Morgan fingerprint density at radius 3 is 2.29 bits per heavy atom. The van der Waals surface area contributed by atoms with Gasteiger partial charge in [-0.05, 0) is 56.3 Å². The highest BCUT2D eigenvalue weighted by molar-refractivity contribution is 6.30. The number of hydrogen-bond acceptors (Lipinski definition) is 3. The summed E-state index contributed by atoms with van der Waals surface area (Å²) in [6.45, 7) is 6.26. The summed E-state index contributed by atoms with van der Waals surface area (Å²) in [5, 5.41) is 9.78. The van der Waals surface area contributed by atoms with Crippen LogP contribution in [-0.2, 0) is 0 Å². The fraction of sp³-hybridized carbons (Fsp3) is 0.250. The number of hydrogen-bond donors (Lipinski definition) is 0. The predicted molar refractivity (Wildman–Crippen MR) is 87.4 cm³/mol. The maximum Gasteiger partial charge on any atom is 0.115 e. The molecule has 21 heavy (non-hydrogen) atoms. The second-order valence-corrected chi connectivity index (χ2v) is 5.25. The molecule has 0 saturated heterocycles. The quantitative estimate of drug-likeness (QED) is 0.732. The molecule has 0 amide bonds. The summed E-state index contributed by atoms with van der Waals surface area (Å²) >= 11 is 5.91. The predicted octanol–water partition coefficient (Wildman–Crippen LogP) is 3.92. The van der Waals surface area contributed by atoms with Gasteiger partial charge in [-0.15, -0.1) is 10.2 Å². The summed E-state index contributed by atoms with van der Waals surface area (Å²) < 4.78 is 0. The van der Waals surface area contributed by atoms with Crippen molar-refractivity contribution in [2.24, 2.45) is 0 Å². The van der Waals surface area contributed by atoms with E-state index in [9.17, 15) is 0 Å². The van der Waals surface area contributed by atoms with Gasteiger partial charge in [-0.3, -0.25) is 0 Å². The van der Waals surface area contributed by atoms with Crippen molar-refractivity contribution in [1.82, 2.24) is 15.0 Å². The number of aromatic nitrogens is 3. The molecule has 4 nitrogen and oxygen atoms in total. The van der Waals surface area contributed by atoms with E-state index in [1.807, 2.05) is 30.3 Å². The molecule has 0 aliphatic carbocycles. The molecule has 0 spiro atoms. The molecule has 108 valence electrons. The minimum absolute atomic E-state index is 0.708. The molecule has 0 unspecified atom stereocenters. The first kappa shape index (κ1) is 13.9. The third-order valence-electron chi connectivity index (χ3n) is 3.55. The minimum Gasteiger partial charge on any atom is -0.372 e. The van der Waals surface area contributed by atoms with Gasteiger partial charge in [0, 0.05) is 23.8 Å². The van der Waals surface area contributed by atoms with Gasteiger partial charge in [-0.1, -0.05) is 11.6 Å². The molecule has 3 aromatic rings. The second kappa shape index (κ2) is 5.74. The first-order valence-electron chi connectivity index (χ1n) is 7.09. The topological polar surface area (TPSA) is 34.0 Å². The van der Waals surface area contributed by atoms with Gasteiger partial charge in [-0.2, -0.15) is 4.80 Å². The summed E-state index contributed by atoms with van der Waals surface area (Å²) in [5.74, 6) is 0. The van der Waals surface area contributed by atoms with E-state index >= 15 is 0 Å². The van der Waals surface area contributed by atoms with Crippen molar-refractivity contribution in [2.45, 2.75) is 13.8 Å². The van der Waals surface area contributed by atoms with Crippen molar-refractivity contribution >= 4 is 28.3 Å². The van der Waals surface area contributed by atoms with Crippen LogP contribution in [0.3, 0.4) is 0 Å². The Balaban J connectivity index is 2.02. The van der Waals surface area contributed by atoms with Gasteiger partial charge in [0.05, 0.1) is 5.69 Å². The van der Waals surface area contributed by atoms with Crippen LogP contribution in [0, 0.1) is 0 Å². The average Bonchev–Trinajstić information content (AvgIpc) is 2.92. The van der Waals surface area contributed by atoms with Crippen LogP contribution in [0.1, 0.15) is 13.8 Å². The monoisotopic (exact) mass is 300 g/mol. The first-order chi connectivity index (χ1) is 10.2. The van der Waals surface area contributed by atoms with Gasteiger partial charge in [-0.25, -0.2) is 0 Å². The highest BCUT2D eigenvalue weighted by Gasteiger charge is 2.08. The molecule has 1 aromatic heterocycles. The highest BCUT2D eigenvalue weighted by atomic mass is 35.5. The van der Waals surface area contributed by atoms with Crippen molar-refractivity contribution < 1.29 is 0 Å². The highest BCUT2D eigenvalue weighted by Crippen LogP contribution is 2.21. The maximum absolute atomic E-state index is 5.91. The summed E-state index contributed by atoms with van der Waals surface area (Å²) in [7, 11) is 0. The van der Waals surface area contributed by atoms with E-state index in [1.54, 1.807) is 4.80 Å². The van der Waals surface area contributed by atoms with Gasteiger partial charge >= 0.3 is 0 Å². The van der Waals surface area contributed by atoms with Crippen LogP contribution in [0.4, 0.5) is 5.69 Å². The fourth-order valence-electron chi connectivity index (χ4n) is 2.38. The van der Waals surface area contributed by atoms with Crippen molar-refractivity contribution in [3.8, 4) is 5.69 Å². The zero-order valence-electron chi connectivity index (χ0n) is 12.1. The molecule has 0 atom stereocenters. The van der Waals surface area contributed by atoms with E-state index in [0.29, 0.717) is 5.02 Å². The van der Waals surface area contributed by atoms with Crippen molar-refractivity contribution in [3.05, 3.63) is 47.5 Å². The Bertz CT molecular complexity index is 745. The lowest BCUT2D eigenvalue weighted by molar-refractivity contribution is 0.765. The molecule has 3 rings (SSSR count). The Labute approximate surface area is 128 Å². The lowest BCUT2D eigenvalue weighted by Gasteiger charge is -2.20. The van der Waals surface area contributed by atoms with Crippen LogP contribution in [0.15, 0.2) is 42.5 Å². The van der Waals surface area contributed by atoms with Crippen LogP contribution < -0.4 is 4.90 Å². The molecule has 0 saturated carbocycles. The molecule has 0 fully saturated rings. The number of nitrogens with zero attached hydrogens (tertiary/aromatic N) is 4. The van der Waals surface area contributed by atoms with Crippen molar-refractivity contribution in [1.29, 1.82) is 0 Å². The maximum atomic E-state index is 5.91. The molecule has 2 aromatic carbocycles. The number of anilines is 1. The van der Waals surface area contributed by atoms with Crippen molar-refractivity contribution in [3.63, 3.8) is 0 Å². The third kappa shape index (κ3) is 2.72. The van der Waals surface area contributed by atoms with E-state index in [1.165, 1.54) is 5.69 Å². The molecule has 0 aliphatic rings. The lowest BCUT2D eigenvalue weighted by Crippen LogP contribution is -2.21. The van der Waals surface area contributed by atoms with E-state index in [0.717, 1.165) is 29.8 Å². The van der Waals surface area contributed by atoms with Gasteiger partial charge in [0.25, 0.3) is 0 Å². The normalized spacial score (nSPS) is 11.0. The van der Waals surface area contributed by atoms with Gasteiger partial charge < -0.3 is 4.90 Å². The standard InChI is InChI=1S/C16H17ClN4/c1-3-20(4-2)14-9-10-15-16(11-14)19-21(18-15)13-7-5-12(17)6-8-13/h5-11H,3-4H2,1-2H3. The van der Waals surface area contributed by atoms with Crippen LogP contribution in [-0.4, -0.2) is 28.1 Å². The summed E-state index contributed by atoms with van der Waals surface area (Å²) in [6, 6.07) is 13.7. The molecule has 0 bridgehead atoms. The summed E-state index contributed by atoms with van der Waals surface area (Å²) in [5.41, 5.74) is 3.87. The molecule has 0 aliphatic heterocycles. The zero-order valence-corrected chi connectivity index (χ0v) is 12.9. The average molecular weight is 301 g/mol. The molecule has 0 radical (unpaired) electrons. The molecular weight excluding hydrogens is 284 g/mol. The SMILES string of the molecule is CCN(CC)c1ccc2nn(-c3ccc(Cl)cc3)nc2c1. The van der Waals surface area contributed by atoms with E-state index in [-0.39, 0.29) is 0 Å². The van der Waals surface area contributed by atoms with E-state index in [4.69, 9.17) is 11.6 Å². The summed E-state index contributed by atoms with van der Waals surface area (Å²) in [6.07, 6.45) is 0. The molecule has 0 N–H and O–H groups in total. The van der Waals surface area contributed by atoms with Crippen LogP contribution in [0.5, 0.6) is 0 Å². The van der Waals surface area contributed by atoms with Crippen molar-refractivity contribution in [2.75, 3.05) is 18.0 Å². The first-order valence-corrected chi connectivity index (χ1v) is 7.47. The minimum atomic E-state index is 0.708. The zero-order chi connectivity index (χ0) is 14.8. The van der Waals surface area contributed by atoms with Crippen LogP contribution in [0.25, 0.3) is 16.7 Å². The number of halogens is 1. The Morgan fingerprint density at radius 1 is 0.952 bits per heavy atom. The van der Waals surface area contributed by atoms with E-state index < -0.39 is 0 Å². The lowest BCUT2D eigenvalue weighted by atomic mass is 10.2. The van der Waals surface area contributed by atoms with Gasteiger partial charge in [0.1, 0.15) is 11.0 Å². The molecule has 1 heterocycles. The third-order valence-corrected chi connectivity index (χ3v) is 3.80. The van der Waals surface area contributed by atoms with Gasteiger partial charge in [0.2, 0.25) is 0 Å². The fourth-order valence-corrected chi connectivity index (χ4v) is 2.50. The number of fused-ring (bicyclic) bond motifs is 1. The Morgan fingerprint density at radius 2 is 1.62 bits per heavy atom. The molecular formula is C16H17ClN4. The van der Waals surface area contributed by atoms with Gasteiger partial charge in [0.15, 0.2) is 0 Å². The smallest absolute Gasteiger partial charge is 0.115 e. The number of benzene rings is 2. The van der Waals surface area contributed by atoms with E-state index in [2.05, 4.69) is 41.1 Å². The van der Waals surface area contributed by atoms with Crippen LogP contribution in [0.2, 0.25) is 5.02 Å². The Hall–Kier alpha value is -2.07. The van der Waals surface area contributed by atoms with Crippen LogP contribution >= 0.6 is 11.6 Å². The second-order valence-electron chi connectivity index (χ2n) is 4.81. The number of rotatable bonds is 4. The largest absolute Gasteiger partial charge is 0.372 e. The Kier molecular flexibility index (Phi) is 3.80.